The minimum atomic E-state index is -3.83. The number of esters is 1. The highest BCUT2D eigenvalue weighted by Crippen LogP contribution is 2.25. The molecule has 4 rings (SSSR count). The molecule has 4 aromatic rings. The molecule has 33 heavy (non-hydrogen) atoms. The molecule has 1 aromatic heterocycles. The van der Waals surface area contributed by atoms with Gasteiger partial charge in [-0.2, -0.15) is 0 Å². The highest BCUT2D eigenvalue weighted by molar-refractivity contribution is 7.89. The number of nitrogens with two attached hydrogens (primary N) is 1. The van der Waals surface area contributed by atoms with Gasteiger partial charge in [0.2, 0.25) is 10.0 Å². The Hall–Kier alpha value is -4.08. The summed E-state index contributed by atoms with van der Waals surface area (Å²) in [6, 6.07) is 23.6. The number of carbonyl (C=O) groups is 2. The third-order valence-electron chi connectivity index (χ3n) is 4.81. The van der Waals surface area contributed by atoms with Gasteiger partial charge >= 0.3 is 5.97 Å². The van der Waals surface area contributed by atoms with Crippen LogP contribution < -0.4 is 10.5 Å². The van der Waals surface area contributed by atoms with Gasteiger partial charge in [0, 0.05) is 16.6 Å². The fraction of sp³-hybridized carbons (Fsp3) is 0.0417. The van der Waals surface area contributed by atoms with Gasteiger partial charge < -0.3 is 10.1 Å². The third-order valence-corrected chi connectivity index (χ3v) is 5.74. The summed E-state index contributed by atoms with van der Waals surface area (Å²) in [6.07, 6.45) is 0. The normalized spacial score (nSPS) is 11.2. The number of aromatic nitrogens is 1. The smallest absolute Gasteiger partial charge is 0.339 e. The second-order valence-corrected chi connectivity index (χ2v) is 8.69. The molecule has 0 aliphatic heterocycles. The van der Waals surface area contributed by atoms with Crippen LogP contribution in [-0.4, -0.2) is 31.9 Å². The van der Waals surface area contributed by atoms with Crippen LogP contribution in [0.4, 0.5) is 5.69 Å². The summed E-state index contributed by atoms with van der Waals surface area (Å²) in [4.78, 5) is 29.6. The number of hydrogen-bond acceptors (Lipinski definition) is 6. The molecule has 9 heteroatoms. The molecular weight excluding hydrogens is 442 g/mol. The number of pyridine rings is 1. The molecule has 0 spiro atoms. The van der Waals surface area contributed by atoms with Gasteiger partial charge in [-0.15, -0.1) is 0 Å². The summed E-state index contributed by atoms with van der Waals surface area (Å²) in [5, 5.41) is 8.20. The lowest BCUT2D eigenvalue weighted by Gasteiger charge is -2.10. The molecule has 1 amide bonds. The van der Waals surface area contributed by atoms with Crippen molar-refractivity contribution in [1.29, 1.82) is 0 Å². The van der Waals surface area contributed by atoms with Crippen molar-refractivity contribution >= 4 is 38.5 Å². The number of primary sulfonamides is 1. The monoisotopic (exact) mass is 461 g/mol. The number of sulfonamides is 1. The van der Waals surface area contributed by atoms with Crippen molar-refractivity contribution in [2.75, 3.05) is 11.9 Å². The Balaban J connectivity index is 1.50. The van der Waals surface area contributed by atoms with Crippen molar-refractivity contribution in [3.05, 3.63) is 90.5 Å². The van der Waals surface area contributed by atoms with Crippen LogP contribution in [0.25, 0.3) is 22.2 Å². The van der Waals surface area contributed by atoms with E-state index >= 15 is 0 Å². The van der Waals surface area contributed by atoms with Crippen molar-refractivity contribution in [2.45, 2.75) is 4.90 Å². The zero-order chi connectivity index (χ0) is 23.4. The molecule has 0 fully saturated rings. The number of amides is 1. The Labute approximate surface area is 190 Å². The third kappa shape index (κ3) is 5.22. The van der Waals surface area contributed by atoms with Gasteiger partial charge in [0.05, 0.1) is 21.7 Å². The van der Waals surface area contributed by atoms with E-state index in [0.717, 1.165) is 5.56 Å². The van der Waals surface area contributed by atoms with E-state index < -0.39 is 28.5 Å². The van der Waals surface area contributed by atoms with E-state index in [0.29, 0.717) is 27.8 Å². The molecular formula is C24H19N3O5S. The molecule has 3 N–H and O–H groups in total. The van der Waals surface area contributed by atoms with Gasteiger partial charge in [-0.05, 0) is 36.4 Å². The van der Waals surface area contributed by atoms with Crippen LogP contribution >= 0.6 is 0 Å². The van der Waals surface area contributed by atoms with Crippen LogP contribution in [0.1, 0.15) is 10.4 Å². The van der Waals surface area contributed by atoms with E-state index in [1.165, 1.54) is 24.3 Å². The lowest BCUT2D eigenvalue weighted by molar-refractivity contribution is -0.119. The van der Waals surface area contributed by atoms with E-state index in [1.54, 1.807) is 24.3 Å². The molecule has 3 aromatic carbocycles. The molecule has 0 radical (unpaired) electrons. The molecule has 8 nitrogen and oxygen atoms in total. The van der Waals surface area contributed by atoms with Crippen LogP contribution in [-0.2, 0) is 19.6 Å². The lowest BCUT2D eigenvalue weighted by atomic mass is 10.0. The Morgan fingerprint density at radius 2 is 1.58 bits per heavy atom. The molecule has 0 saturated carbocycles. The average Bonchev–Trinajstić information content (AvgIpc) is 2.82. The van der Waals surface area contributed by atoms with Gasteiger partial charge in [-0.3, -0.25) is 4.79 Å². The lowest BCUT2D eigenvalue weighted by Crippen LogP contribution is -2.21. The fourth-order valence-corrected chi connectivity index (χ4v) is 3.75. The van der Waals surface area contributed by atoms with Crippen molar-refractivity contribution in [3.8, 4) is 11.3 Å². The SMILES string of the molecule is NS(=O)(=O)c1ccc(NC(=O)COC(=O)c2cc(-c3ccccc3)nc3ccccc23)cc1. The fourth-order valence-electron chi connectivity index (χ4n) is 3.23. The number of hydrogen-bond donors (Lipinski definition) is 2. The van der Waals surface area contributed by atoms with E-state index in [1.807, 2.05) is 36.4 Å². The van der Waals surface area contributed by atoms with Gasteiger partial charge in [-0.1, -0.05) is 48.5 Å². The van der Waals surface area contributed by atoms with E-state index in [2.05, 4.69) is 10.3 Å². The van der Waals surface area contributed by atoms with Gasteiger partial charge in [-0.25, -0.2) is 23.3 Å². The molecule has 0 atom stereocenters. The zero-order valence-corrected chi connectivity index (χ0v) is 18.1. The number of nitrogens with one attached hydrogen (secondary N) is 1. The number of anilines is 1. The predicted molar refractivity (Wildman–Crippen MR) is 124 cm³/mol. The highest BCUT2D eigenvalue weighted by Gasteiger charge is 2.17. The number of benzene rings is 3. The van der Waals surface area contributed by atoms with Crippen LogP contribution in [0.2, 0.25) is 0 Å². The average molecular weight is 461 g/mol. The van der Waals surface area contributed by atoms with Crippen LogP contribution in [0.15, 0.2) is 89.8 Å². The zero-order valence-electron chi connectivity index (χ0n) is 17.3. The maximum Gasteiger partial charge on any atom is 0.339 e. The van der Waals surface area contributed by atoms with Gasteiger partial charge in [0.25, 0.3) is 5.91 Å². The Morgan fingerprint density at radius 3 is 2.27 bits per heavy atom. The topological polar surface area (TPSA) is 128 Å². The number of nitrogens with zero attached hydrogens (tertiary/aromatic N) is 1. The van der Waals surface area contributed by atoms with E-state index in [-0.39, 0.29) is 4.90 Å². The van der Waals surface area contributed by atoms with Crippen LogP contribution in [0.3, 0.4) is 0 Å². The Bertz CT molecular complexity index is 1440. The number of rotatable bonds is 6. The van der Waals surface area contributed by atoms with Crippen molar-refractivity contribution in [1.82, 2.24) is 4.98 Å². The molecule has 0 aliphatic rings. The van der Waals surface area contributed by atoms with Crippen molar-refractivity contribution in [3.63, 3.8) is 0 Å². The standard InChI is InChI=1S/C24H19N3O5S/c25-33(30,31)18-12-10-17(11-13-18)26-23(28)15-32-24(29)20-14-22(16-6-2-1-3-7-16)27-21-9-5-4-8-19(20)21/h1-14H,15H2,(H,26,28)(H2,25,30,31). The van der Waals surface area contributed by atoms with Gasteiger partial charge in [0.15, 0.2) is 6.61 Å². The number of para-hydroxylation sites is 1. The predicted octanol–water partition coefficient (Wildman–Crippen LogP) is 3.34. The molecule has 0 unspecified atom stereocenters. The van der Waals surface area contributed by atoms with E-state index in [9.17, 15) is 18.0 Å². The summed E-state index contributed by atoms with van der Waals surface area (Å²) < 4.78 is 27.9. The summed E-state index contributed by atoms with van der Waals surface area (Å²) in [5.41, 5.74) is 2.72. The molecule has 166 valence electrons. The first-order valence-electron chi connectivity index (χ1n) is 9.86. The first kappa shape index (κ1) is 22.1. The minimum absolute atomic E-state index is 0.0780. The largest absolute Gasteiger partial charge is 0.452 e. The summed E-state index contributed by atoms with van der Waals surface area (Å²) >= 11 is 0. The molecule has 0 saturated heterocycles. The number of ether oxygens (including phenoxy) is 1. The number of carbonyl (C=O) groups excluding carboxylic acids is 2. The Morgan fingerprint density at radius 1 is 0.909 bits per heavy atom. The second-order valence-electron chi connectivity index (χ2n) is 7.13. The quantitative estimate of drug-likeness (QED) is 0.424. The van der Waals surface area contributed by atoms with E-state index in [4.69, 9.17) is 9.88 Å². The summed E-state index contributed by atoms with van der Waals surface area (Å²) in [6.45, 7) is -0.521. The minimum Gasteiger partial charge on any atom is -0.452 e. The summed E-state index contributed by atoms with van der Waals surface area (Å²) in [7, 11) is -3.83. The maximum absolute atomic E-state index is 12.8. The number of fused-ring (bicyclic) bond motifs is 1. The van der Waals surface area contributed by atoms with Crippen LogP contribution in [0.5, 0.6) is 0 Å². The van der Waals surface area contributed by atoms with Crippen molar-refractivity contribution < 1.29 is 22.7 Å². The van der Waals surface area contributed by atoms with Gasteiger partial charge in [0.1, 0.15) is 0 Å². The maximum atomic E-state index is 12.8. The van der Waals surface area contributed by atoms with Crippen molar-refractivity contribution in [2.24, 2.45) is 5.14 Å². The first-order chi connectivity index (χ1) is 15.8. The molecule has 1 heterocycles. The highest BCUT2D eigenvalue weighted by atomic mass is 32.2. The second kappa shape index (κ2) is 9.19. The summed E-state index contributed by atoms with van der Waals surface area (Å²) in [5.74, 6) is -1.24. The molecule has 0 aliphatic carbocycles. The van der Waals surface area contributed by atoms with Crippen LogP contribution in [0, 0.1) is 0 Å². The first-order valence-corrected chi connectivity index (χ1v) is 11.4. The Kier molecular flexibility index (Phi) is 6.16. The molecule has 0 bridgehead atoms.